The summed E-state index contributed by atoms with van der Waals surface area (Å²) in [5, 5.41) is 9.09. The predicted octanol–water partition coefficient (Wildman–Crippen LogP) is 7.62. The van der Waals surface area contributed by atoms with E-state index in [0.717, 1.165) is 35.5 Å². The normalized spacial score (nSPS) is 11.8. The van der Waals surface area contributed by atoms with Crippen molar-refractivity contribution in [2.45, 2.75) is 79.1 Å². The minimum atomic E-state index is 0.0356. The molecule has 0 aliphatic carbocycles. The van der Waals surface area contributed by atoms with Crippen molar-refractivity contribution in [3.8, 4) is 11.5 Å². The van der Waals surface area contributed by atoms with E-state index in [0.29, 0.717) is 18.9 Å². The van der Waals surface area contributed by atoms with Gasteiger partial charge < -0.3 is 9.47 Å². The van der Waals surface area contributed by atoms with Crippen LogP contribution in [0.15, 0.2) is 30.3 Å². The standard InChI is InChI=1S/C26H37N2O2/c1-9-25(5,6)20-11-12-23(22(17-20)26(7,8)10-2)30-14-13-29-21-15-18(3)24(28-27)19(4)16-21/h11-12,15-17H,9-10,13-14H2,1-8H3/q+1. The molecule has 0 aromatic heterocycles. The lowest BCUT2D eigenvalue weighted by atomic mass is 9.76. The van der Waals surface area contributed by atoms with E-state index in [1.54, 1.807) is 0 Å². The van der Waals surface area contributed by atoms with Crippen LogP contribution in [0.4, 0.5) is 5.69 Å². The van der Waals surface area contributed by atoms with Gasteiger partial charge in [-0.25, -0.2) is 0 Å². The summed E-state index contributed by atoms with van der Waals surface area (Å²) in [5.74, 6) is 1.69. The minimum Gasteiger partial charge on any atom is -0.490 e. The maximum absolute atomic E-state index is 9.09. The predicted molar refractivity (Wildman–Crippen MR) is 125 cm³/mol. The van der Waals surface area contributed by atoms with Crippen molar-refractivity contribution in [3.63, 3.8) is 0 Å². The van der Waals surface area contributed by atoms with Crippen molar-refractivity contribution >= 4 is 5.69 Å². The van der Waals surface area contributed by atoms with Gasteiger partial charge in [0, 0.05) is 16.7 Å². The summed E-state index contributed by atoms with van der Waals surface area (Å²) in [6, 6.07) is 10.4. The fraction of sp³-hybridized carbons (Fsp3) is 0.538. The molecule has 162 valence electrons. The van der Waals surface area contributed by atoms with Crippen molar-refractivity contribution in [2.24, 2.45) is 0 Å². The summed E-state index contributed by atoms with van der Waals surface area (Å²) in [7, 11) is 0. The minimum absolute atomic E-state index is 0.0356. The van der Waals surface area contributed by atoms with Crippen LogP contribution >= 0.6 is 0 Å². The van der Waals surface area contributed by atoms with Gasteiger partial charge in [-0.15, -0.1) is 0 Å². The van der Waals surface area contributed by atoms with Crippen LogP contribution in [0, 0.1) is 19.2 Å². The number of hydrogen-bond acceptors (Lipinski definition) is 3. The molecule has 2 aromatic rings. The van der Waals surface area contributed by atoms with Gasteiger partial charge in [0.2, 0.25) is 5.39 Å². The third-order valence-corrected chi connectivity index (χ3v) is 6.43. The first-order valence-electron chi connectivity index (χ1n) is 10.9. The summed E-state index contributed by atoms with van der Waals surface area (Å²) in [6.45, 7) is 18.3. The zero-order chi connectivity index (χ0) is 22.5. The SMILES string of the molecule is CCC(C)(C)c1ccc(OCCOc2cc(C)c([N+]#N)c(C)c2)c(C(C)(C)CC)c1. The van der Waals surface area contributed by atoms with Gasteiger partial charge in [-0.3, -0.25) is 0 Å². The van der Waals surface area contributed by atoms with Gasteiger partial charge in [-0.1, -0.05) is 53.7 Å². The summed E-state index contributed by atoms with van der Waals surface area (Å²) < 4.78 is 12.1. The molecule has 0 atom stereocenters. The van der Waals surface area contributed by atoms with Gasteiger partial charge in [0.1, 0.15) is 24.7 Å². The Balaban J connectivity index is 2.14. The Kier molecular flexibility index (Phi) is 7.53. The monoisotopic (exact) mass is 409 g/mol. The molecule has 0 aliphatic rings. The van der Waals surface area contributed by atoms with E-state index in [-0.39, 0.29) is 10.8 Å². The second-order valence-corrected chi connectivity index (χ2v) is 9.39. The van der Waals surface area contributed by atoms with Crippen LogP contribution in [0.2, 0.25) is 0 Å². The molecular weight excluding hydrogens is 372 g/mol. The fourth-order valence-electron chi connectivity index (χ4n) is 3.47. The highest BCUT2D eigenvalue weighted by molar-refractivity contribution is 5.59. The molecule has 4 heteroatoms. The Labute approximate surface area is 182 Å². The molecule has 0 spiro atoms. The lowest BCUT2D eigenvalue weighted by molar-refractivity contribution is 0.213. The Morgan fingerprint density at radius 2 is 1.40 bits per heavy atom. The maximum Gasteiger partial charge on any atom is 0.391 e. The van der Waals surface area contributed by atoms with E-state index in [2.05, 4.69) is 64.7 Å². The van der Waals surface area contributed by atoms with Gasteiger partial charge in [0.15, 0.2) is 4.98 Å². The molecule has 0 radical (unpaired) electrons. The van der Waals surface area contributed by atoms with Crippen molar-refractivity contribution in [1.29, 1.82) is 5.39 Å². The molecule has 0 fully saturated rings. The van der Waals surface area contributed by atoms with Gasteiger partial charge in [0.25, 0.3) is 0 Å². The fourth-order valence-corrected chi connectivity index (χ4v) is 3.47. The summed E-state index contributed by atoms with van der Waals surface area (Å²) in [6.07, 6.45) is 2.13. The van der Waals surface area contributed by atoms with Gasteiger partial charge >= 0.3 is 5.69 Å². The molecular formula is C26H37N2O2+. The molecule has 2 rings (SSSR count). The van der Waals surface area contributed by atoms with Crippen LogP contribution in [0.1, 0.15) is 76.6 Å². The van der Waals surface area contributed by atoms with Crippen LogP contribution in [0.25, 0.3) is 4.98 Å². The third kappa shape index (κ3) is 5.33. The Morgan fingerprint density at radius 1 is 0.833 bits per heavy atom. The van der Waals surface area contributed by atoms with Crippen molar-refractivity contribution in [1.82, 2.24) is 0 Å². The average molecular weight is 410 g/mol. The first kappa shape index (κ1) is 23.7. The molecule has 0 aliphatic heterocycles. The number of benzene rings is 2. The second kappa shape index (κ2) is 9.51. The highest BCUT2D eigenvalue weighted by Gasteiger charge is 2.26. The molecule has 0 heterocycles. The average Bonchev–Trinajstić information content (AvgIpc) is 2.71. The number of nitrogens with zero attached hydrogens (tertiary/aromatic N) is 2. The summed E-state index contributed by atoms with van der Waals surface area (Å²) >= 11 is 0. The van der Waals surface area contributed by atoms with E-state index in [1.807, 2.05) is 26.0 Å². The Morgan fingerprint density at radius 3 is 1.93 bits per heavy atom. The van der Waals surface area contributed by atoms with E-state index in [4.69, 9.17) is 14.9 Å². The first-order valence-corrected chi connectivity index (χ1v) is 10.9. The molecule has 0 saturated carbocycles. The zero-order valence-corrected chi connectivity index (χ0v) is 19.9. The second-order valence-electron chi connectivity index (χ2n) is 9.39. The van der Waals surface area contributed by atoms with Crippen molar-refractivity contribution in [3.05, 3.63) is 57.6 Å². The molecule has 0 saturated heterocycles. The topological polar surface area (TPSA) is 46.6 Å². The van der Waals surface area contributed by atoms with Crippen LogP contribution in [-0.4, -0.2) is 13.2 Å². The number of diazo groups is 1. The quantitative estimate of drug-likeness (QED) is 0.316. The van der Waals surface area contributed by atoms with Crippen molar-refractivity contribution in [2.75, 3.05) is 13.2 Å². The molecule has 0 unspecified atom stereocenters. The third-order valence-electron chi connectivity index (χ3n) is 6.43. The number of ether oxygens (including phenoxy) is 2. The highest BCUT2D eigenvalue weighted by Crippen LogP contribution is 2.38. The Bertz CT molecular complexity index is 900. The van der Waals surface area contributed by atoms with Crippen LogP contribution in [-0.2, 0) is 10.8 Å². The number of aryl methyl sites for hydroxylation is 2. The smallest absolute Gasteiger partial charge is 0.391 e. The molecule has 0 amide bonds. The molecule has 2 aromatic carbocycles. The Hall–Kier alpha value is -2.54. The summed E-state index contributed by atoms with van der Waals surface area (Å²) in [4.78, 5) is 3.34. The van der Waals surface area contributed by atoms with Crippen LogP contribution < -0.4 is 9.47 Å². The van der Waals surface area contributed by atoms with Crippen LogP contribution in [0.3, 0.4) is 0 Å². The van der Waals surface area contributed by atoms with E-state index in [9.17, 15) is 0 Å². The van der Waals surface area contributed by atoms with Crippen LogP contribution in [0.5, 0.6) is 11.5 Å². The van der Waals surface area contributed by atoms with Crippen molar-refractivity contribution < 1.29 is 9.47 Å². The highest BCUT2D eigenvalue weighted by atomic mass is 16.5. The molecule has 0 N–H and O–H groups in total. The zero-order valence-electron chi connectivity index (χ0n) is 19.9. The molecule has 0 bridgehead atoms. The lowest BCUT2D eigenvalue weighted by Crippen LogP contribution is -2.22. The van der Waals surface area contributed by atoms with E-state index >= 15 is 0 Å². The van der Waals surface area contributed by atoms with Gasteiger partial charge in [-0.2, -0.15) is 0 Å². The largest absolute Gasteiger partial charge is 0.490 e. The maximum atomic E-state index is 9.09. The van der Waals surface area contributed by atoms with Gasteiger partial charge in [-0.05, 0) is 61.3 Å². The van der Waals surface area contributed by atoms with E-state index < -0.39 is 0 Å². The first-order chi connectivity index (χ1) is 14.1. The number of hydrogen-bond donors (Lipinski definition) is 0. The van der Waals surface area contributed by atoms with Gasteiger partial charge in [0.05, 0.1) is 0 Å². The molecule has 4 nitrogen and oxygen atoms in total. The van der Waals surface area contributed by atoms with E-state index in [1.165, 1.54) is 11.1 Å². The lowest BCUT2D eigenvalue weighted by Gasteiger charge is -2.30. The molecule has 30 heavy (non-hydrogen) atoms. The summed E-state index contributed by atoms with van der Waals surface area (Å²) in [5.41, 5.74) is 5.15. The number of rotatable bonds is 9.